The number of aromatic nitrogens is 1. The van der Waals surface area contributed by atoms with Crippen LogP contribution in [0, 0.1) is 0 Å². The van der Waals surface area contributed by atoms with Crippen molar-refractivity contribution in [3.63, 3.8) is 0 Å². The van der Waals surface area contributed by atoms with Crippen molar-refractivity contribution < 1.29 is 14.0 Å². The molecule has 1 fully saturated rings. The van der Waals surface area contributed by atoms with Crippen molar-refractivity contribution in [1.82, 2.24) is 9.88 Å². The highest BCUT2D eigenvalue weighted by atomic mass is 32.1. The van der Waals surface area contributed by atoms with E-state index in [9.17, 15) is 9.59 Å². The first-order valence-corrected chi connectivity index (χ1v) is 7.16. The number of amides is 2. The summed E-state index contributed by atoms with van der Waals surface area (Å²) in [5, 5.41) is 2.36. The first-order valence-electron chi connectivity index (χ1n) is 6.28. The molecule has 0 atom stereocenters. The molecule has 0 spiro atoms. The second-order valence-corrected chi connectivity index (χ2v) is 5.30. The molecule has 3 heterocycles. The van der Waals surface area contributed by atoms with E-state index in [-0.39, 0.29) is 24.2 Å². The fraction of sp³-hybridized carbons (Fsp3) is 0.308. The predicted octanol–water partition coefficient (Wildman–Crippen LogP) is 1.96. The first kappa shape index (κ1) is 12.9. The summed E-state index contributed by atoms with van der Waals surface area (Å²) in [5.41, 5.74) is 0. The third-order valence-corrected chi connectivity index (χ3v) is 3.91. The minimum Gasteiger partial charge on any atom is -0.459 e. The van der Waals surface area contributed by atoms with Gasteiger partial charge in [0, 0.05) is 24.5 Å². The number of nitrogens with zero attached hydrogens (tertiary/aromatic N) is 3. The van der Waals surface area contributed by atoms with Crippen LogP contribution < -0.4 is 4.90 Å². The molecule has 0 saturated carbocycles. The number of furan rings is 1. The van der Waals surface area contributed by atoms with Crippen LogP contribution in [0.15, 0.2) is 34.4 Å². The molecule has 7 heteroatoms. The molecule has 1 aliphatic heterocycles. The number of carbonyl (C=O) groups is 2. The van der Waals surface area contributed by atoms with Crippen LogP contribution in [0.5, 0.6) is 0 Å². The van der Waals surface area contributed by atoms with Gasteiger partial charge in [-0.2, -0.15) is 0 Å². The van der Waals surface area contributed by atoms with E-state index < -0.39 is 0 Å². The molecular weight excluding hydrogens is 278 g/mol. The molecule has 0 radical (unpaired) electrons. The van der Waals surface area contributed by atoms with Gasteiger partial charge in [0.25, 0.3) is 5.91 Å². The number of anilines is 1. The molecule has 2 amide bonds. The second-order valence-electron chi connectivity index (χ2n) is 4.43. The summed E-state index contributed by atoms with van der Waals surface area (Å²) in [6.45, 7) is 0.887. The van der Waals surface area contributed by atoms with E-state index in [1.807, 2.05) is 0 Å². The number of hydrogen-bond acceptors (Lipinski definition) is 5. The largest absolute Gasteiger partial charge is 0.459 e. The van der Waals surface area contributed by atoms with Gasteiger partial charge in [-0.1, -0.05) is 0 Å². The van der Waals surface area contributed by atoms with Gasteiger partial charge in [-0.15, -0.1) is 11.3 Å². The summed E-state index contributed by atoms with van der Waals surface area (Å²) in [6, 6.07) is 3.27. The number of thiazole rings is 1. The molecular formula is C13H13N3O3S. The zero-order chi connectivity index (χ0) is 13.9. The van der Waals surface area contributed by atoms with Gasteiger partial charge in [-0.25, -0.2) is 4.98 Å². The van der Waals surface area contributed by atoms with E-state index in [4.69, 9.17) is 4.42 Å². The zero-order valence-corrected chi connectivity index (χ0v) is 11.5. The summed E-state index contributed by atoms with van der Waals surface area (Å²) >= 11 is 1.36. The Morgan fingerprint density at radius 1 is 1.55 bits per heavy atom. The molecule has 0 N–H and O–H groups in total. The topological polar surface area (TPSA) is 66.7 Å². The lowest BCUT2D eigenvalue weighted by atomic mass is 10.4. The molecule has 2 aromatic heterocycles. The van der Waals surface area contributed by atoms with Crippen LogP contribution in [0.3, 0.4) is 0 Å². The Labute approximate surface area is 119 Å². The van der Waals surface area contributed by atoms with Crippen LogP contribution >= 0.6 is 11.3 Å². The standard InChI is InChI=1S/C13H13N3O3S/c17-11-4-1-6-15(11)9-16(13-14-5-8-20-13)12(18)10-3-2-7-19-10/h2-3,5,7-8H,1,4,6,9H2. The van der Waals surface area contributed by atoms with E-state index in [2.05, 4.69) is 4.98 Å². The van der Waals surface area contributed by atoms with Gasteiger partial charge >= 0.3 is 0 Å². The average molecular weight is 291 g/mol. The highest BCUT2D eigenvalue weighted by Crippen LogP contribution is 2.22. The number of carbonyl (C=O) groups excluding carboxylic acids is 2. The zero-order valence-electron chi connectivity index (χ0n) is 10.7. The lowest BCUT2D eigenvalue weighted by Crippen LogP contribution is -2.42. The van der Waals surface area contributed by atoms with Crippen molar-refractivity contribution in [3.05, 3.63) is 35.7 Å². The Hall–Kier alpha value is -2.15. The maximum Gasteiger partial charge on any atom is 0.297 e. The number of rotatable bonds is 4. The maximum atomic E-state index is 12.5. The molecule has 3 rings (SSSR count). The van der Waals surface area contributed by atoms with E-state index in [0.717, 1.165) is 6.42 Å². The second kappa shape index (κ2) is 5.46. The lowest BCUT2D eigenvalue weighted by molar-refractivity contribution is -0.127. The van der Waals surface area contributed by atoms with Crippen molar-refractivity contribution >= 4 is 28.3 Å². The van der Waals surface area contributed by atoms with Crippen molar-refractivity contribution in [2.45, 2.75) is 12.8 Å². The quantitative estimate of drug-likeness (QED) is 0.863. The first-order chi connectivity index (χ1) is 9.75. The van der Waals surface area contributed by atoms with E-state index in [1.54, 1.807) is 28.6 Å². The Morgan fingerprint density at radius 2 is 2.45 bits per heavy atom. The van der Waals surface area contributed by atoms with Crippen molar-refractivity contribution in [2.75, 3.05) is 18.1 Å². The molecule has 0 bridgehead atoms. The highest BCUT2D eigenvalue weighted by molar-refractivity contribution is 7.13. The molecule has 1 saturated heterocycles. The minimum absolute atomic E-state index is 0.0683. The van der Waals surface area contributed by atoms with Gasteiger partial charge < -0.3 is 9.32 Å². The van der Waals surface area contributed by atoms with Crippen LogP contribution in [0.4, 0.5) is 5.13 Å². The molecule has 0 aromatic carbocycles. The molecule has 0 aliphatic carbocycles. The van der Waals surface area contributed by atoms with Gasteiger partial charge in [0.1, 0.15) is 6.67 Å². The summed E-state index contributed by atoms with van der Waals surface area (Å²) in [4.78, 5) is 31.5. The number of likely N-dealkylation sites (tertiary alicyclic amines) is 1. The molecule has 104 valence electrons. The van der Waals surface area contributed by atoms with Crippen LogP contribution in [0.1, 0.15) is 23.4 Å². The molecule has 6 nitrogen and oxygen atoms in total. The van der Waals surface area contributed by atoms with E-state index >= 15 is 0 Å². The van der Waals surface area contributed by atoms with Gasteiger partial charge in [0.05, 0.1) is 6.26 Å². The maximum absolute atomic E-state index is 12.5. The van der Waals surface area contributed by atoms with Gasteiger partial charge in [0.2, 0.25) is 5.91 Å². The number of hydrogen-bond donors (Lipinski definition) is 0. The monoisotopic (exact) mass is 291 g/mol. The highest BCUT2D eigenvalue weighted by Gasteiger charge is 2.28. The Bertz CT molecular complexity index is 594. The summed E-state index contributed by atoms with van der Waals surface area (Å²) in [7, 11) is 0. The normalized spacial score (nSPS) is 14.8. The van der Waals surface area contributed by atoms with Crippen LogP contribution in [-0.4, -0.2) is 34.9 Å². The summed E-state index contributed by atoms with van der Waals surface area (Å²) in [6.07, 6.45) is 4.46. The minimum atomic E-state index is -0.287. The van der Waals surface area contributed by atoms with Crippen LogP contribution in [0.2, 0.25) is 0 Å². The third kappa shape index (κ3) is 2.44. The molecule has 2 aromatic rings. The van der Waals surface area contributed by atoms with Crippen LogP contribution in [-0.2, 0) is 4.79 Å². The van der Waals surface area contributed by atoms with Gasteiger partial charge in [0.15, 0.2) is 10.9 Å². The lowest BCUT2D eigenvalue weighted by Gasteiger charge is -2.25. The fourth-order valence-corrected chi connectivity index (χ4v) is 2.75. The molecule has 1 aliphatic rings. The SMILES string of the molecule is O=C1CCCN1CN(C(=O)c1ccco1)c1nccs1. The van der Waals surface area contributed by atoms with Crippen LogP contribution in [0.25, 0.3) is 0 Å². The Balaban J connectivity index is 1.84. The van der Waals surface area contributed by atoms with Crippen molar-refractivity contribution in [1.29, 1.82) is 0 Å². The smallest absolute Gasteiger partial charge is 0.297 e. The van der Waals surface area contributed by atoms with E-state index in [1.165, 1.54) is 22.5 Å². The predicted molar refractivity (Wildman–Crippen MR) is 73.4 cm³/mol. The van der Waals surface area contributed by atoms with Gasteiger partial charge in [-0.3, -0.25) is 14.5 Å². The Kier molecular flexibility index (Phi) is 3.51. The summed E-state index contributed by atoms with van der Waals surface area (Å²) in [5.74, 6) is 0.0234. The van der Waals surface area contributed by atoms with E-state index in [0.29, 0.717) is 18.1 Å². The summed E-state index contributed by atoms with van der Waals surface area (Å²) < 4.78 is 5.15. The molecule has 0 unspecified atom stereocenters. The third-order valence-electron chi connectivity index (χ3n) is 3.11. The fourth-order valence-electron chi connectivity index (χ4n) is 2.12. The molecule has 20 heavy (non-hydrogen) atoms. The van der Waals surface area contributed by atoms with Crippen molar-refractivity contribution in [3.8, 4) is 0 Å². The van der Waals surface area contributed by atoms with Gasteiger partial charge in [-0.05, 0) is 18.6 Å². The Morgan fingerprint density at radius 3 is 3.05 bits per heavy atom. The average Bonchev–Trinajstić information content (AvgIpc) is 3.18. The van der Waals surface area contributed by atoms with Crippen molar-refractivity contribution in [2.24, 2.45) is 0 Å².